The van der Waals surface area contributed by atoms with Crippen LogP contribution in [0.25, 0.3) is 0 Å². The van der Waals surface area contributed by atoms with E-state index >= 15 is 0 Å². The molecule has 0 aromatic heterocycles. The van der Waals surface area contributed by atoms with Crippen LogP contribution in [0.3, 0.4) is 0 Å². The quantitative estimate of drug-likeness (QED) is 0.465. The van der Waals surface area contributed by atoms with Crippen molar-refractivity contribution in [1.82, 2.24) is 10.4 Å². The summed E-state index contributed by atoms with van der Waals surface area (Å²) < 4.78 is 1.01. The second-order valence-corrected chi connectivity index (χ2v) is 11.0. The van der Waals surface area contributed by atoms with E-state index in [0.29, 0.717) is 27.6 Å². The highest BCUT2D eigenvalue weighted by Gasteiger charge is 2.43. The highest BCUT2D eigenvalue weighted by Crippen LogP contribution is 2.44. The first kappa shape index (κ1) is 23.2. The summed E-state index contributed by atoms with van der Waals surface area (Å²) in [6.07, 6.45) is 4.63. The van der Waals surface area contributed by atoms with Crippen molar-refractivity contribution in [3.8, 4) is 0 Å². The molecule has 1 N–H and O–H groups in total. The van der Waals surface area contributed by atoms with E-state index in [4.69, 9.17) is 28.3 Å². The standard InChI is InChI=1S/C25H27BrCl2N4O/c1-2-20-23(25(33)30-31-13-16-4-3-5-17(16)14-31)29-32(22-11-10-19(27)12-21(22)28)24(20)15-6-8-18(26)9-7-15/h6-12,16-17,20,24H,2-5,13-14H2,1H3,(H,30,33)/t16?,17?,20-,24+/m0/s1. The molecule has 5 rings (SSSR count). The van der Waals surface area contributed by atoms with Gasteiger partial charge in [0, 0.05) is 28.5 Å². The number of amides is 1. The van der Waals surface area contributed by atoms with Crippen molar-refractivity contribution in [2.75, 3.05) is 18.1 Å². The average Bonchev–Trinajstić information content (AvgIpc) is 3.47. The largest absolute Gasteiger partial charge is 0.284 e. The Hall–Kier alpha value is -1.60. The molecule has 2 unspecified atom stereocenters. The maximum atomic E-state index is 13.5. The van der Waals surface area contributed by atoms with Crippen molar-refractivity contribution in [3.05, 3.63) is 62.5 Å². The number of hydrazine groups is 1. The second-order valence-electron chi connectivity index (χ2n) is 9.23. The molecule has 2 fully saturated rings. The normalized spacial score (nSPS) is 27.0. The van der Waals surface area contributed by atoms with Crippen LogP contribution in [0.4, 0.5) is 5.69 Å². The Morgan fingerprint density at radius 2 is 1.82 bits per heavy atom. The molecule has 2 heterocycles. The first-order valence-corrected chi connectivity index (χ1v) is 13.1. The van der Waals surface area contributed by atoms with Crippen LogP contribution in [0.2, 0.25) is 10.0 Å². The molecule has 0 radical (unpaired) electrons. The third kappa shape index (κ3) is 4.55. The van der Waals surface area contributed by atoms with Crippen LogP contribution >= 0.6 is 39.1 Å². The van der Waals surface area contributed by atoms with E-state index in [1.165, 1.54) is 19.3 Å². The number of fused-ring (bicyclic) bond motifs is 1. The molecule has 5 nitrogen and oxygen atoms in total. The van der Waals surface area contributed by atoms with E-state index in [0.717, 1.165) is 35.2 Å². The zero-order valence-corrected chi connectivity index (χ0v) is 21.6. The van der Waals surface area contributed by atoms with Gasteiger partial charge in [0.1, 0.15) is 5.71 Å². The monoisotopic (exact) mass is 548 g/mol. The first-order valence-electron chi connectivity index (χ1n) is 11.6. The van der Waals surface area contributed by atoms with Gasteiger partial charge in [0.2, 0.25) is 0 Å². The van der Waals surface area contributed by atoms with Crippen LogP contribution in [0.15, 0.2) is 52.0 Å². The SMILES string of the molecule is CC[C@H]1C(C(=O)NN2CC3CCCC3C2)=NN(c2ccc(Cl)cc2Cl)[C@@H]1c1ccc(Br)cc1. The predicted molar refractivity (Wildman–Crippen MR) is 138 cm³/mol. The van der Waals surface area contributed by atoms with E-state index in [-0.39, 0.29) is 17.9 Å². The lowest BCUT2D eigenvalue weighted by Crippen LogP contribution is -2.45. The highest BCUT2D eigenvalue weighted by atomic mass is 79.9. The number of nitrogens with zero attached hydrogens (tertiary/aromatic N) is 3. The van der Waals surface area contributed by atoms with Crippen LogP contribution in [-0.4, -0.2) is 29.7 Å². The zero-order valence-electron chi connectivity index (χ0n) is 18.5. The maximum Gasteiger partial charge on any atom is 0.282 e. The minimum absolute atomic E-state index is 0.0694. The number of hydrogen-bond donors (Lipinski definition) is 1. The van der Waals surface area contributed by atoms with Gasteiger partial charge in [0.05, 0.1) is 16.8 Å². The van der Waals surface area contributed by atoms with Gasteiger partial charge >= 0.3 is 0 Å². The number of nitrogens with one attached hydrogen (secondary N) is 1. The molecule has 1 amide bonds. The van der Waals surface area contributed by atoms with Gasteiger partial charge < -0.3 is 0 Å². The third-order valence-corrected chi connectivity index (χ3v) is 8.30. The van der Waals surface area contributed by atoms with Crippen molar-refractivity contribution in [2.45, 2.75) is 38.6 Å². The number of hydrogen-bond acceptors (Lipinski definition) is 4. The Labute approximate surface area is 213 Å². The van der Waals surface area contributed by atoms with Crippen molar-refractivity contribution in [2.24, 2.45) is 22.9 Å². The average molecular weight is 550 g/mol. The lowest BCUT2D eigenvalue weighted by Gasteiger charge is -2.29. The van der Waals surface area contributed by atoms with Gasteiger partial charge in [0.25, 0.3) is 5.91 Å². The smallest absolute Gasteiger partial charge is 0.282 e. The van der Waals surface area contributed by atoms with Crippen molar-refractivity contribution >= 4 is 56.4 Å². The number of carbonyl (C=O) groups excluding carboxylic acids is 1. The Bertz CT molecular complexity index is 1060. The van der Waals surface area contributed by atoms with Gasteiger partial charge in [-0.1, -0.05) is 64.6 Å². The molecule has 174 valence electrons. The van der Waals surface area contributed by atoms with E-state index in [1.807, 2.05) is 23.2 Å². The molecular weight excluding hydrogens is 523 g/mol. The van der Waals surface area contributed by atoms with Crippen molar-refractivity contribution < 1.29 is 4.79 Å². The van der Waals surface area contributed by atoms with Crippen LogP contribution in [0, 0.1) is 17.8 Å². The van der Waals surface area contributed by atoms with Gasteiger partial charge in [-0.25, -0.2) is 5.01 Å². The Morgan fingerprint density at radius 3 is 2.45 bits per heavy atom. The number of rotatable bonds is 5. The highest BCUT2D eigenvalue weighted by molar-refractivity contribution is 9.10. The predicted octanol–water partition coefficient (Wildman–Crippen LogP) is 6.46. The summed E-state index contributed by atoms with van der Waals surface area (Å²) in [6, 6.07) is 13.4. The minimum atomic E-state index is -0.138. The molecule has 8 heteroatoms. The summed E-state index contributed by atoms with van der Waals surface area (Å²) in [5.41, 5.74) is 5.54. The number of carbonyl (C=O) groups is 1. The van der Waals surface area contributed by atoms with Crippen molar-refractivity contribution in [1.29, 1.82) is 0 Å². The lowest BCUT2D eigenvalue weighted by molar-refractivity contribution is -0.119. The molecule has 33 heavy (non-hydrogen) atoms. The van der Waals surface area contributed by atoms with Gasteiger partial charge in [-0.05, 0) is 67.0 Å². The fourth-order valence-corrected chi connectivity index (χ4v) is 6.39. The van der Waals surface area contributed by atoms with Crippen LogP contribution in [0.5, 0.6) is 0 Å². The number of benzene rings is 2. The zero-order chi connectivity index (χ0) is 23.1. The minimum Gasteiger partial charge on any atom is -0.284 e. The Balaban J connectivity index is 1.47. The lowest BCUT2D eigenvalue weighted by atomic mass is 9.87. The topological polar surface area (TPSA) is 47.9 Å². The summed E-state index contributed by atoms with van der Waals surface area (Å²) in [4.78, 5) is 13.5. The van der Waals surface area contributed by atoms with E-state index in [9.17, 15) is 4.79 Å². The molecule has 1 saturated heterocycles. The second kappa shape index (κ2) is 9.57. The molecule has 1 saturated carbocycles. The summed E-state index contributed by atoms with van der Waals surface area (Å²) in [7, 11) is 0. The van der Waals surface area contributed by atoms with Gasteiger partial charge in [-0.15, -0.1) is 0 Å². The Kier molecular flexibility index (Phi) is 6.72. The van der Waals surface area contributed by atoms with E-state index in [2.05, 4.69) is 45.4 Å². The van der Waals surface area contributed by atoms with Crippen LogP contribution < -0.4 is 10.4 Å². The van der Waals surface area contributed by atoms with Crippen LogP contribution in [-0.2, 0) is 4.79 Å². The maximum absolute atomic E-state index is 13.5. The fourth-order valence-electron chi connectivity index (χ4n) is 5.63. The molecule has 0 spiro atoms. The summed E-state index contributed by atoms with van der Waals surface area (Å²) in [5.74, 6) is 1.23. The Morgan fingerprint density at radius 1 is 1.12 bits per heavy atom. The molecule has 4 atom stereocenters. The van der Waals surface area contributed by atoms with Crippen LogP contribution in [0.1, 0.15) is 44.2 Å². The summed E-state index contributed by atoms with van der Waals surface area (Å²) >= 11 is 16.3. The summed E-state index contributed by atoms with van der Waals surface area (Å²) in [6.45, 7) is 3.97. The molecule has 1 aliphatic carbocycles. The van der Waals surface area contributed by atoms with E-state index in [1.54, 1.807) is 12.1 Å². The van der Waals surface area contributed by atoms with Gasteiger partial charge in [-0.2, -0.15) is 5.10 Å². The molecule has 0 bridgehead atoms. The molecule has 2 aromatic carbocycles. The fraction of sp³-hybridized carbons (Fsp3) is 0.440. The van der Waals surface area contributed by atoms with Gasteiger partial charge in [0.15, 0.2) is 0 Å². The number of anilines is 1. The molecule has 3 aliphatic rings. The first-order chi connectivity index (χ1) is 15.9. The number of halogens is 3. The van der Waals surface area contributed by atoms with Gasteiger partial charge in [-0.3, -0.25) is 15.2 Å². The van der Waals surface area contributed by atoms with E-state index < -0.39 is 0 Å². The molecular formula is C25H27BrCl2N4O. The molecule has 2 aromatic rings. The third-order valence-electron chi connectivity index (χ3n) is 7.24. The number of hydrazone groups is 1. The van der Waals surface area contributed by atoms with Crippen molar-refractivity contribution in [3.63, 3.8) is 0 Å². The molecule has 2 aliphatic heterocycles. The summed E-state index contributed by atoms with van der Waals surface area (Å²) in [5, 5.41) is 9.93.